The molecule has 5 nitrogen and oxygen atoms in total. The fourth-order valence-electron chi connectivity index (χ4n) is 5.76. The Bertz CT molecular complexity index is 1270. The minimum Gasteiger partial charge on any atom is -0.481 e. The number of hydrogen-bond acceptors (Lipinski definition) is 3. The molecule has 1 aliphatic heterocycles. The third kappa shape index (κ3) is 5.91. The van der Waals surface area contributed by atoms with Crippen molar-refractivity contribution >= 4 is 11.9 Å². The van der Waals surface area contributed by atoms with Crippen LogP contribution in [0.3, 0.4) is 0 Å². The third-order valence-electron chi connectivity index (χ3n) is 7.89. The topological polar surface area (TPSA) is 60.9 Å². The molecule has 2 atom stereocenters. The average Bonchev–Trinajstić information content (AvgIpc) is 3.34. The van der Waals surface area contributed by atoms with Crippen molar-refractivity contribution in [1.82, 2.24) is 9.80 Å². The van der Waals surface area contributed by atoms with Gasteiger partial charge in [-0.15, -0.1) is 0 Å². The monoisotopic (exact) mass is 500 g/mol. The number of amides is 1. The molecule has 1 N–H and O–H groups in total. The second kappa shape index (κ2) is 10.9. The number of carboxylic acids is 1. The van der Waals surface area contributed by atoms with Gasteiger partial charge in [0.15, 0.2) is 0 Å². The molecule has 1 fully saturated rings. The van der Waals surface area contributed by atoms with E-state index in [-0.39, 0.29) is 30.1 Å². The maximum atomic E-state index is 13.2. The first-order chi connectivity index (χ1) is 17.9. The van der Waals surface area contributed by atoms with Crippen molar-refractivity contribution in [1.29, 1.82) is 0 Å². The van der Waals surface area contributed by atoms with Crippen molar-refractivity contribution in [3.05, 3.63) is 94.8 Å². The van der Waals surface area contributed by atoms with E-state index in [0.29, 0.717) is 5.56 Å². The van der Waals surface area contributed by atoms with Crippen LogP contribution in [-0.4, -0.2) is 53.0 Å². The van der Waals surface area contributed by atoms with E-state index in [1.54, 1.807) is 12.1 Å². The summed E-state index contributed by atoms with van der Waals surface area (Å²) in [6.45, 7) is 2.66. The highest BCUT2D eigenvalue weighted by atomic mass is 19.1. The Labute approximate surface area is 217 Å². The molecular weight excluding hydrogens is 467 g/mol. The standard InChI is InChI=1S/C31H33FN2O3/c1-33(31(37)25-6-4-23(5-7-25)24-8-11-28(32)12-9-24)29-13-10-26-16-21(2-3-27(26)18-29)19-34-15-14-22(20-34)17-30(35)36/h2-9,11-12,16,22,29H,10,13-15,17-20H2,1H3,(H,35,36). The highest BCUT2D eigenvalue weighted by molar-refractivity contribution is 5.94. The number of aryl methyl sites for hydroxylation is 1. The van der Waals surface area contributed by atoms with Gasteiger partial charge in [-0.1, -0.05) is 42.5 Å². The maximum absolute atomic E-state index is 13.2. The lowest BCUT2D eigenvalue weighted by molar-refractivity contribution is -0.138. The number of rotatable bonds is 7. The number of benzene rings is 3. The Kier molecular flexibility index (Phi) is 7.38. The first-order valence-corrected chi connectivity index (χ1v) is 13.0. The molecule has 3 aromatic rings. The van der Waals surface area contributed by atoms with Gasteiger partial charge < -0.3 is 10.0 Å². The van der Waals surface area contributed by atoms with Crippen molar-refractivity contribution in [2.75, 3.05) is 20.1 Å². The number of aliphatic carboxylic acids is 1. The summed E-state index contributed by atoms with van der Waals surface area (Å²) in [5.74, 6) is -0.704. The number of halogens is 1. The lowest BCUT2D eigenvalue weighted by Crippen LogP contribution is -2.40. The van der Waals surface area contributed by atoms with Gasteiger partial charge in [-0.2, -0.15) is 0 Å². The molecular formula is C31H33FN2O3. The Morgan fingerprint density at radius 3 is 2.38 bits per heavy atom. The van der Waals surface area contributed by atoms with Crippen LogP contribution in [0.5, 0.6) is 0 Å². The van der Waals surface area contributed by atoms with Crippen LogP contribution in [0.2, 0.25) is 0 Å². The van der Waals surface area contributed by atoms with E-state index in [4.69, 9.17) is 5.11 Å². The summed E-state index contributed by atoms with van der Waals surface area (Å²) in [6.07, 6.45) is 3.92. The van der Waals surface area contributed by atoms with Crippen LogP contribution in [0.4, 0.5) is 4.39 Å². The fraction of sp³-hybridized carbons (Fsp3) is 0.355. The van der Waals surface area contributed by atoms with Crippen molar-refractivity contribution < 1.29 is 19.1 Å². The van der Waals surface area contributed by atoms with Crippen molar-refractivity contribution in [3.63, 3.8) is 0 Å². The highest BCUT2D eigenvalue weighted by Crippen LogP contribution is 2.28. The van der Waals surface area contributed by atoms with Gasteiger partial charge in [0.2, 0.25) is 0 Å². The van der Waals surface area contributed by atoms with Gasteiger partial charge in [0, 0.05) is 38.2 Å². The molecule has 1 amide bonds. The molecule has 37 heavy (non-hydrogen) atoms. The number of carbonyl (C=O) groups is 2. The van der Waals surface area contributed by atoms with Crippen LogP contribution >= 0.6 is 0 Å². The summed E-state index contributed by atoms with van der Waals surface area (Å²) < 4.78 is 13.2. The van der Waals surface area contributed by atoms with Crippen molar-refractivity contribution in [2.24, 2.45) is 5.92 Å². The molecule has 2 aliphatic rings. The molecule has 192 valence electrons. The molecule has 0 saturated carbocycles. The Hall–Kier alpha value is -3.51. The first kappa shape index (κ1) is 25.2. The van der Waals surface area contributed by atoms with E-state index >= 15 is 0 Å². The minimum absolute atomic E-state index is 0.0145. The minimum atomic E-state index is -0.708. The molecule has 1 aliphatic carbocycles. The Balaban J connectivity index is 1.19. The smallest absolute Gasteiger partial charge is 0.303 e. The number of hydrogen-bond donors (Lipinski definition) is 1. The van der Waals surface area contributed by atoms with Crippen LogP contribution in [-0.2, 0) is 24.2 Å². The zero-order chi connectivity index (χ0) is 25.9. The van der Waals surface area contributed by atoms with Gasteiger partial charge in [0.25, 0.3) is 5.91 Å². The Morgan fingerprint density at radius 1 is 0.973 bits per heavy atom. The van der Waals surface area contributed by atoms with Gasteiger partial charge in [-0.3, -0.25) is 14.5 Å². The van der Waals surface area contributed by atoms with Crippen LogP contribution in [0.25, 0.3) is 11.1 Å². The summed E-state index contributed by atoms with van der Waals surface area (Å²) >= 11 is 0. The molecule has 0 radical (unpaired) electrons. The second-order valence-corrected chi connectivity index (χ2v) is 10.5. The average molecular weight is 501 g/mol. The fourth-order valence-corrected chi connectivity index (χ4v) is 5.76. The van der Waals surface area contributed by atoms with E-state index in [1.165, 1.54) is 28.8 Å². The molecule has 0 spiro atoms. The number of likely N-dealkylation sites (tertiary alicyclic amines) is 1. The zero-order valence-corrected chi connectivity index (χ0v) is 21.2. The molecule has 1 heterocycles. The summed E-state index contributed by atoms with van der Waals surface area (Å²) in [5, 5.41) is 9.05. The normalized spacial score (nSPS) is 19.4. The van der Waals surface area contributed by atoms with Crippen LogP contribution in [0, 0.1) is 11.7 Å². The predicted molar refractivity (Wildman–Crippen MR) is 142 cm³/mol. The molecule has 2 unspecified atom stereocenters. The number of likely N-dealkylation sites (N-methyl/N-ethyl adjacent to an activating group) is 1. The first-order valence-electron chi connectivity index (χ1n) is 13.0. The van der Waals surface area contributed by atoms with Gasteiger partial charge in [-0.25, -0.2) is 4.39 Å². The third-order valence-corrected chi connectivity index (χ3v) is 7.89. The number of fused-ring (bicyclic) bond motifs is 1. The summed E-state index contributed by atoms with van der Waals surface area (Å²) in [4.78, 5) is 28.5. The lowest BCUT2D eigenvalue weighted by Gasteiger charge is -2.33. The second-order valence-electron chi connectivity index (χ2n) is 10.5. The van der Waals surface area contributed by atoms with Gasteiger partial charge in [-0.05, 0) is 90.2 Å². The van der Waals surface area contributed by atoms with E-state index in [1.807, 2.05) is 36.2 Å². The molecule has 0 aromatic heterocycles. The SMILES string of the molecule is CN(C(=O)c1ccc(-c2ccc(F)cc2)cc1)C1CCc2cc(CN3CCC(CC(=O)O)C3)ccc2C1. The van der Waals surface area contributed by atoms with E-state index in [9.17, 15) is 14.0 Å². The van der Waals surface area contributed by atoms with E-state index in [2.05, 4.69) is 23.1 Å². The van der Waals surface area contributed by atoms with Crippen LogP contribution in [0.15, 0.2) is 66.7 Å². The maximum Gasteiger partial charge on any atom is 0.303 e. The van der Waals surface area contributed by atoms with Crippen molar-refractivity contribution in [2.45, 2.75) is 44.7 Å². The zero-order valence-electron chi connectivity index (χ0n) is 21.2. The highest BCUT2D eigenvalue weighted by Gasteiger charge is 2.27. The van der Waals surface area contributed by atoms with Gasteiger partial charge >= 0.3 is 5.97 Å². The quantitative estimate of drug-likeness (QED) is 0.471. The molecule has 3 aromatic carbocycles. The Morgan fingerprint density at radius 2 is 1.68 bits per heavy atom. The molecule has 6 heteroatoms. The number of nitrogens with zero attached hydrogens (tertiary/aromatic N) is 2. The van der Waals surface area contributed by atoms with Crippen molar-refractivity contribution in [3.8, 4) is 11.1 Å². The summed E-state index contributed by atoms with van der Waals surface area (Å²) in [7, 11) is 1.89. The molecule has 1 saturated heterocycles. The summed E-state index contributed by atoms with van der Waals surface area (Å²) in [5.41, 5.74) is 6.46. The largest absolute Gasteiger partial charge is 0.481 e. The lowest BCUT2D eigenvalue weighted by atomic mass is 9.86. The van der Waals surface area contributed by atoms with Crippen LogP contribution in [0.1, 0.15) is 46.3 Å². The van der Waals surface area contributed by atoms with E-state index in [0.717, 1.165) is 56.4 Å². The summed E-state index contributed by atoms with van der Waals surface area (Å²) in [6, 6.07) is 20.7. The number of carbonyl (C=O) groups excluding carboxylic acids is 1. The van der Waals surface area contributed by atoms with Gasteiger partial charge in [0.05, 0.1) is 0 Å². The van der Waals surface area contributed by atoms with E-state index < -0.39 is 5.97 Å². The number of carboxylic acid groups (broad SMARTS) is 1. The molecule has 5 rings (SSSR count). The van der Waals surface area contributed by atoms with Gasteiger partial charge in [0.1, 0.15) is 5.82 Å². The predicted octanol–water partition coefficient (Wildman–Crippen LogP) is 5.42. The van der Waals surface area contributed by atoms with Crippen LogP contribution < -0.4 is 0 Å². The molecule has 0 bridgehead atoms.